The third-order valence-corrected chi connectivity index (χ3v) is 0. The van der Waals surface area contributed by atoms with E-state index >= 15 is 0 Å². The van der Waals surface area contributed by atoms with Crippen LogP contribution in [-0.2, 0) is 12.3 Å². The van der Waals surface area contributed by atoms with Crippen LogP contribution in [0.1, 0.15) is 27.7 Å². The Bertz CT molecular complexity index is 29.4. The fourth-order valence-electron chi connectivity index (χ4n) is 0. The molecule has 0 aliphatic rings. The Balaban J connectivity index is -0.0000000750. The second kappa shape index (κ2) is 22.4. The minimum atomic E-state index is -1.77. The molecule has 0 unspecified atom stereocenters. The van der Waals surface area contributed by atoms with Crippen molar-refractivity contribution >= 4 is 29.5 Å². The van der Waals surface area contributed by atoms with Gasteiger partial charge in [-0.1, -0.05) is 0 Å². The molecule has 0 aliphatic carbocycles. The summed E-state index contributed by atoms with van der Waals surface area (Å²) in [5.74, 6) is 0. The summed E-state index contributed by atoms with van der Waals surface area (Å²) in [6.07, 6.45) is 4.00. The van der Waals surface area contributed by atoms with Crippen LogP contribution in [0.25, 0.3) is 0 Å². The van der Waals surface area contributed by atoms with Crippen LogP contribution in [0.5, 0.6) is 0 Å². The van der Waals surface area contributed by atoms with Gasteiger partial charge in [0.2, 0.25) is 0 Å². The molecule has 66 valence electrons. The summed E-state index contributed by atoms with van der Waals surface area (Å²) in [6.45, 7) is 8.00. The zero-order chi connectivity index (χ0) is 8.99. The molecule has 0 aromatic heterocycles. The van der Waals surface area contributed by atoms with Gasteiger partial charge in [-0.25, -0.2) is 0 Å². The molecule has 10 heavy (non-hydrogen) atoms. The van der Waals surface area contributed by atoms with E-state index < -0.39 is 12.3 Å². The second-order valence-corrected chi connectivity index (χ2v) is 8.27. The first kappa shape index (κ1) is 17.5. The Morgan fingerprint density at radius 3 is 0.800 bits per heavy atom. The maximum absolute atomic E-state index is 4.95. The van der Waals surface area contributed by atoms with Gasteiger partial charge < -0.3 is 12.8 Å². The molecule has 4 heteroatoms. The predicted molar refractivity (Wildman–Crippen MR) is 48.9 cm³/mol. The van der Waals surface area contributed by atoms with Crippen LogP contribution in [0.4, 0.5) is 0 Å². The standard InChI is InChI=1S/2C3H7.3ClH.V/c2*1-3-2;;;;/h2*3H,1-2H3;3*1H;/q2*-1;;;;+3/p-3. The molecule has 0 amide bonds. The molecule has 0 heterocycles. The topological polar surface area (TPSA) is 0 Å². The minimum absolute atomic E-state index is 1.77. The Labute approximate surface area is 82.1 Å². The molecule has 0 N–H and O–H groups in total. The molecule has 0 aromatic rings. The van der Waals surface area contributed by atoms with Crippen molar-refractivity contribution < 1.29 is 12.3 Å². The number of hydrogen-bond donors (Lipinski definition) is 0. The van der Waals surface area contributed by atoms with E-state index in [0.717, 1.165) is 0 Å². The van der Waals surface area contributed by atoms with Gasteiger partial charge in [-0.3, -0.25) is 0 Å². The molecule has 0 nitrogen and oxygen atoms in total. The second-order valence-electron chi connectivity index (χ2n) is 1.35. The summed E-state index contributed by atoms with van der Waals surface area (Å²) in [5, 5.41) is 0. The van der Waals surface area contributed by atoms with Gasteiger partial charge in [0.1, 0.15) is 0 Å². The van der Waals surface area contributed by atoms with Crippen LogP contribution < -0.4 is 0 Å². The van der Waals surface area contributed by atoms with Gasteiger partial charge in [0.05, 0.1) is 0 Å². The molecule has 0 radical (unpaired) electrons. The molecule has 0 bridgehead atoms. The third kappa shape index (κ3) is 319. The van der Waals surface area contributed by atoms with Gasteiger partial charge in [0.25, 0.3) is 0 Å². The summed E-state index contributed by atoms with van der Waals surface area (Å²) in [4.78, 5) is 0. The van der Waals surface area contributed by atoms with Crippen LogP contribution >= 0.6 is 29.5 Å². The third-order valence-electron chi connectivity index (χ3n) is 0. The Kier molecular flexibility index (Phi) is 39.3. The monoisotopic (exact) mass is 242 g/mol. The Morgan fingerprint density at radius 1 is 0.800 bits per heavy atom. The average molecular weight is 243 g/mol. The van der Waals surface area contributed by atoms with Crippen molar-refractivity contribution in [3.05, 3.63) is 12.8 Å². The first-order valence-corrected chi connectivity index (χ1v) is 8.58. The van der Waals surface area contributed by atoms with E-state index in [4.69, 9.17) is 29.5 Å². The fraction of sp³-hybridized carbons (Fsp3) is 0.667. The molecule has 0 saturated heterocycles. The van der Waals surface area contributed by atoms with E-state index in [0.29, 0.717) is 0 Å². The maximum atomic E-state index is 4.95. The average Bonchev–Trinajstić information content (AvgIpc) is 1.65. The van der Waals surface area contributed by atoms with Gasteiger partial charge in [-0.05, 0) is 0 Å². The summed E-state index contributed by atoms with van der Waals surface area (Å²) in [6, 6.07) is 0. The molecule has 0 aliphatic heterocycles. The first-order valence-electron chi connectivity index (χ1n) is 2.82. The van der Waals surface area contributed by atoms with Crippen LogP contribution in [0.3, 0.4) is 0 Å². The van der Waals surface area contributed by atoms with Crippen molar-refractivity contribution in [2.45, 2.75) is 27.7 Å². The number of halogens is 3. The molecule has 0 fully saturated rings. The van der Waals surface area contributed by atoms with Crippen molar-refractivity contribution in [1.82, 2.24) is 0 Å². The Morgan fingerprint density at radius 2 is 0.800 bits per heavy atom. The summed E-state index contributed by atoms with van der Waals surface area (Å²) >= 11 is -1.77. The summed E-state index contributed by atoms with van der Waals surface area (Å²) in [5.41, 5.74) is 0. The number of hydrogen-bond acceptors (Lipinski definition) is 0. The van der Waals surface area contributed by atoms with Gasteiger partial charge >= 0.3 is 41.8 Å². The van der Waals surface area contributed by atoms with E-state index in [1.807, 2.05) is 40.5 Å². The molecule has 0 aromatic carbocycles. The van der Waals surface area contributed by atoms with Crippen molar-refractivity contribution in [3.8, 4) is 0 Å². The van der Waals surface area contributed by atoms with Crippen LogP contribution in [0.2, 0.25) is 0 Å². The van der Waals surface area contributed by atoms with Crippen molar-refractivity contribution in [2.24, 2.45) is 0 Å². The molecule has 0 spiro atoms. The number of rotatable bonds is 0. The Hall–Kier alpha value is 1.45. The van der Waals surface area contributed by atoms with Crippen LogP contribution in [-0.4, -0.2) is 0 Å². The van der Waals surface area contributed by atoms with E-state index in [-0.39, 0.29) is 0 Å². The van der Waals surface area contributed by atoms with E-state index in [9.17, 15) is 0 Å². The van der Waals surface area contributed by atoms with E-state index in [2.05, 4.69) is 0 Å². The predicted octanol–water partition coefficient (Wildman–Crippen LogP) is 4.53. The molecular weight excluding hydrogens is 229 g/mol. The van der Waals surface area contributed by atoms with Gasteiger partial charge in [0.15, 0.2) is 0 Å². The van der Waals surface area contributed by atoms with Crippen molar-refractivity contribution in [3.63, 3.8) is 0 Å². The van der Waals surface area contributed by atoms with Gasteiger partial charge in [-0.15, -0.1) is 0 Å². The first-order chi connectivity index (χ1) is 4.56. The molecule has 0 rings (SSSR count). The molecule has 0 saturated carbocycles. The zero-order valence-corrected chi connectivity index (χ0v) is 10.4. The summed E-state index contributed by atoms with van der Waals surface area (Å²) < 4.78 is 0. The fourth-order valence-corrected chi connectivity index (χ4v) is 0. The molecule has 0 atom stereocenters. The van der Waals surface area contributed by atoms with Gasteiger partial charge in [0, 0.05) is 0 Å². The zero-order valence-electron chi connectivity index (χ0n) is 6.74. The van der Waals surface area contributed by atoms with E-state index in [1.54, 1.807) is 0 Å². The van der Waals surface area contributed by atoms with Crippen molar-refractivity contribution in [2.75, 3.05) is 0 Å². The van der Waals surface area contributed by atoms with Crippen LogP contribution in [0, 0.1) is 12.8 Å². The normalized spacial score (nSPS) is 7.20. The molecular formula is C6H14Cl3V-2. The van der Waals surface area contributed by atoms with Crippen LogP contribution in [0.15, 0.2) is 0 Å². The summed E-state index contributed by atoms with van der Waals surface area (Å²) in [7, 11) is 14.9. The van der Waals surface area contributed by atoms with Crippen molar-refractivity contribution in [1.29, 1.82) is 0 Å². The van der Waals surface area contributed by atoms with Gasteiger partial charge in [-0.2, -0.15) is 27.7 Å². The quantitative estimate of drug-likeness (QED) is 0.549. The SMILES string of the molecule is C[CH-]C.C[CH-]C.[Cl][V]([Cl])[Cl]. The van der Waals surface area contributed by atoms with E-state index in [1.165, 1.54) is 0 Å².